The van der Waals surface area contributed by atoms with Crippen molar-refractivity contribution < 1.29 is 4.39 Å². The number of hydrogen-bond donors (Lipinski definition) is 1. The van der Waals surface area contributed by atoms with Crippen molar-refractivity contribution in [2.75, 3.05) is 24.5 Å². The van der Waals surface area contributed by atoms with Gasteiger partial charge in [-0.2, -0.15) is 5.26 Å². The van der Waals surface area contributed by atoms with E-state index in [9.17, 15) is 4.39 Å². The number of aromatic nitrogens is 2. The van der Waals surface area contributed by atoms with Gasteiger partial charge in [0, 0.05) is 36.5 Å². The van der Waals surface area contributed by atoms with Crippen molar-refractivity contribution >= 4 is 5.95 Å². The van der Waals surface area contributed by atoms with E-state index >= 15 is 0 Å². The molecule has 3 heterocycles. The van der Waals surface area contributed by atoms with E-state index in [4.69, 9.17) is 10.2 Å². The van der Waals surface area contributed by atoms with Crippen molar-refractivity contribution in [1.29, 1.82) is 5.26 Å². The largest absolute Gasteiger partial charge is 0.340 e. The second kappa shape index (κ2) is 7.85. The van der Waals surface area contributed by atoms with Gasteiger partial charge in [0.1, 0.15) is 5.82 Å². The van der Waals surface area contributed by atoms with E-state index in [1.807, 2.05) is 18.3 Å². The van der Waals surface area contributed by atoms with Gasteiger partial charge in [-0.05, 0) is 55.1 Å². The molecule has 2 saturated heterocycles. The number of nitrogens with zero attached hydrogens (tertiary/aromatic N) is 4. The molecule has 2 aliphatic rings. The van der Waals surface area contributed by atoms with Crippen LogP contribution in [0.4, 0.5) is 10.3 Å². The first-order chi connectivity index (χ1) is 14.7. The number of fused-ring (bicyclic) bond motifs is 1. The molecule has 0 aliphatic carbocycles. The Morgan fingerprint density at radius 1 is 1.03 bits per heavy atom. The maximum atomic E-state index is 13.4. The van der Waals surface area contributed by atoms with Crippen molar-refractivity contribution in [1.82, 2.24) is 15.3 Å². The average Bonchev–Trinajstić information content (AvgIpc) is 3.27. The monoisotopic (exact) mass is 399 g/mol. The second-order valence-corrected chi connectivity index (χ2v) is 7.97. The zero-order valence-electron chi connectivity index (χ0n) is 16.6. The summed E-state index contributed by atoms with van der Waals surface area (Å²) in [7, 11) is 0. The summed E-state index contributed by atoms with van der Waals surface area (Å²) in [5.74, 6) is 1.09. The van der Waals surface area contributed by atoms with Crippen molar-refractivity contribution in [2.45, 2.75) is 18.9 Å². The quantitative estimate of drug-likeness (QED) is 0.721. The summed E-state index contributed by atoms with van der Waals surface area (Å²) in [6.45, 7) is 2.97. The number of nitriles is 1. The van der Waals surface area contributed by atoms with E-state index in [2.05, 4.69) is 21.3 Å². The topological polar surface area (TPSA) is 64.8 Å². The fourth-order valence-corrected chi connectivity index (χ4v) is 4.52. The zero-order valence-corrected chi connectivity index (χ0v) is 16.6. The predicted octanol–water partition coefficient (Wildman–Crippen LogP) is 4.01. The van der Waals surface area contributed by atoms with Gasteiger partial charge >= 0.3 is 0 Å². The lowest BCUT2D eigenvalue weighted by Gasteiger charge is -2.35. The normalized spacial score (nSPS) is 20.6. The minimum Gasteiger partial charge on any atom is -0.340 e. The van der Waals surface area contributed by atoms with Gasteiger partial charge in [-0.3, -0.25) is 0 Å². The summed E-state index contributed by atoms with van der Waals surface area (Å²) in [4.78, 5) is 11.9. The lowest BCUT2D eigenvalue weighted by Crippen LogP contribution is -2.45. The number of nitrogens with one attached hydrogen (secondary N) is 1. The Bertz CT molecular complexity index is 1090. The Labute approximate surface area is 175 Å². The fourth-order valence-electron chi connectivity index (χ4n) is 4.52. The molecule has 3 aromatic rings. The van der Waals surface area contributed by atoms with Gasteiger partial charge in [0.05, 0.1) is 17.3 Å². The van der Waals surface area contributed by atoms with Crippen LogP contribution in [0, 0.1) is 23.1 Å². The van der Waals surface area contributed by atoms with Crippen LogP contribution in [0.2, 0.25) is 0 Å². The van der Waals surface area contributed by atoms with Gasteiger partial charge in [-0.25, -0.2) is 14.4 Å². The van der Waals surface area contributed by atoms with Crippen LogP contribution in [0.3, 0.4) is 0 Å². The molecule has 2 aromatic carbocycles. The van der Waals surface area contributed by atoms with Crippen LogP contribution < -0.4 is 10.2 Å². The van der Waals surface area contributed by atoms with E-state index in [1.165, 1.54) is 18.6 Å². The molecule has 0 amide bonds. The molecule has 5 nitrogen and oxygen atoms in total. The van der Waals surface area contributed by atoms with Crippen LogP contribution in [-0.4, -0.2) is 35.6 Å². The highest BCUT2D eigenvalue weighted by atomic mass is 19.1. The van der Waals surface area contributed by atoms with E-state index in [-0.39, 0.29) is 5.82 Å². The second-order valence-electron chi connectivity index (χ2n) is 7.97. The summed E-state index contributed by atoms with van der Waals surface area (Å²) in [6, 6.07) is 16.6. The molecule has 0 bridgehead atoms. The molecule has 2 unspecified atom stereocenters. The van der Waals surface area contributed by atoms with E-state index in [1.54, 1.807) is 24.3 Å². The Kier molecular flexibility index (Phi) is 4.89. The summed E-state index contributed by atoms with van der Waals surface area (Å²) >= 11 is 0. The Morgan fingerprint density at radius 3 is 2.57 bits per heavy atom. The van der Waals surface area contributed by atoms with Crippen LogP contribution in [0.15, 0.2) is 54.7 Å². The molecule has 2 atom stereocenters. The molecule has 30 heavy (non-hydrogen) atoms. The molecule has 0 radical (unpaired) electrons. The zero-order chi connectivity index (χ0) is 20.5. The summed E-state index contributed by atoms with van der Waals surface area (Å²) < 4.78 is 13.4. The van der Waals surface area contributed by atoms with E-state index in [0.29, 0.717) is 17.5 Å². The first-order valence-corrected chi connectivity index (χ1v) is 10.3. The summed E-state index contributed by atoms with van der Waals surface area (Å²) in [5, 5.41) is 12.7. The number of hydrogen-bond acceptors (Lipinski definition) is 5. The van der Waals surface area contributed by atoms with E-state index in [0.717, 1.165) is 54.4 Å². The van der Waals surface area contributed by atoms with Crippen LogP contribution in [-0.2, 0) is 0 Å². The maximum absolute atomic E-state index is 13.4. The lowest BCUT2D eigenvalue weighted by atomic mass is 9.93. The van der Waals surface area contributed by atoms with Crippen molar-refractivity contribution in [3.8, 4) is 28.5 Å². The minimum atomic E-state index is -0.274. The third-order valence-corrected chi connectivity index (χ3v) is 6.16. The molecule has 1 N–H and O–H groups in total. The SMILES string of the molecule is N#Cc1ccc(-c2nc(N3CCC4NCCC4C3)ncc2-c2ccc(F)cc2)cc1. The van der Waals surface area contributed by atoms with Gasteiger partial charge in [-0.1, -0.05) is 24.3 Å². The van der Waals surface area contributed by atoms with Gasteiger partial charge in [0.25, 0.3) is 0 Å². The third kappa shape index (κ3) is 3.53. The number of piperidine rings is 1. The Balaban J connectivity index is 1.55. The molecule has 0 saturated carbocycles. The van der Waals surface area contributed by atoms with Crippen molar-refractivity contribution in [3.05, 3.63) is 66.1 Å². The van der Waals surface area contributed by atoms with Gasteiger partial charge < -0.3 is 10.2 Å². The number of halogens is 1. The summed E-state index contributed by atoms with van der Waals surface area (Å²) in [6.07, 6.45) is 4.12. The predicted molar refractivity (Wildman–Crippen MR) is 114 cm³/mol. The van der Waals surface area contributed by atoms with Crippen molar-refractivity contribution in [2.24, 2.45) is 5.92 Å². The van der Waals surface area contributed by atoms with Crippen LogP contribution >= 0.6 is 0 Å². The molecule has 2 fully saturated rings. The van der Waals surface area contributed by atoms with Crippen LogP contribution in [0.25, 0.3) is 22.4 Å². The third-order valence-electron chi connectivity index (χ3n) is 6.16. The smallest absolute Gasteiger partial charge is 0.225 e. The highest BCUT2D eigenvalue weighted by Crippen LogP contribution is 2.33. The van der Waals surface area contributed by atoms with Gasteiger partial charge in [0.15, 0.2) is 0 Å². The maximum Gasteiger partial charge on any atom is 0.225 e. The molecule has 5 rings (SSSR count). The van der Waals surface area contributed by atoms with Gasteiger partial charge in [0.2, 0.25) is 5.95 Å². The van der Waals surface area contributed by atoms with E-state index < -0.39 is 0 Å². The number of rotatable bonds is 3. The van der Waals surface area contributed by atoms with Gasteiger partial charge in [-0.15, -0.1) is 0 Å². The molecule has 2 aliphatic heterocycles. The highest BCUT2D eigenvalue weighted by Gasteiger charge is 2.33. The Morgan fingerprint density at radius 2 is 1.80 bits per heavy atom. The number of anilines is 1. The molecule has 0 spiro atoms. The first kappa shape index (κ1) is 18.7. The molecule has 150 valence electrons. The van der Waals surface area contributed by atoms with Crippen LogP contribution in [0.5, 0.6) is 0 Å². The minimum absolute atomic E-state index is 0.274. The van der Waals surface area contributed by atoms with Crippen LogP contribution in [0.1, 0.15) is 18.4 Å². The lowest BCUT2D eigenvalue weighted by molar-refractivity contribution is 0.373. The highest BCUT2D eigenvalue weighted by molar-refractivity contribution is 5.81. The molecular formula is C24H22FN5. The molecular weight excluding hydrogens is 377 g/mol. The Hall–Kier alpha value is -3.30. The summed E-state index contributed by atoms with van der Waals surface area (Å²) in [5.41, 5.74) is 4.02. The molecule has 6 heteroatoms. The molecule has 1 aromatic heterocycles. The number of benzene rings is 2. The fraction of sp³-hybridized carbons (Fsp3) is 0.292. The standard InChI is InChI=1S/C24H22FN5/c25-20-7-5-17(6-8-20)21-14-28-24(30-12-10-22-19(15-30)9-11-27-22)29-23(21)18-3-1-16(13-26)2-4-18/h1-8,14,19,22,27H,9-12,15H2. The first-order valence-electron chi connectivity index (χ1n) is 10.3. The average molecular weight is 399 g/mol. The van der Waals surface area contributed by atoms with Crippen molar-refractivity contribution in [3.63, 3.8) is 0 Å².